The number of aromatic amines is 1. The zero-order valence-electron chi connectivity index (χ0n) is 16.1. The van der Waals surface area contributed by atoms with Gasteiger partial charge < -0.3 is 9.88 Å². The number of carbonyl (C=O) groups is 1. The number of aromatic nitrogens is 2. The summed E-state index contributed by atoms with van der Waals surface area (Å²) in [5.74, 6) is 0.0450. The first-order chi connectivity index (χ1) is 13.0. The molecular weight excluding hydrogens is 338 g/mol. The van der Waals surface area contributed by atoms with E-state index in [1.165, 1.54) is 0 Å². The van der Waals surface area contributed by atoms with Crippen LogP contribution in [0.3, 0.4) is 0 Å². The molecule has 2 aromatic heterocycles. The van der Waals surface area contributed by atoms with Crippen LogP contribution in [0.1, 0.15) is 28.7 Å². The minimum absolute atomic E-state index is 0.0450. The highest BCUT2D eigenvalue weighted by atomic mass is 16.2. The van der Waals surface area contributed by atoms with Crippen LogP contribution >= 0.6 is 0 Å². The summed E-state index contributed by atoms with van der Waals surface area (Å²) in [6, 6.07) is 9.88. The number of likely N-dealkylation sites (N-methyl/N-ethyl adjacent to an activating group) is 1. The number of amides is 1. The van der Waals surface area contributed by atoms with Crippen LogP contribution in [-0.4, -0.2) is 34.4 Å². The van der Waals surface area contributed by atoms with Crippen LogP contribution in [0, 0.1) is 13.8 Å². The number of rotatable bonds is 6. The van der Waals surface area contributed by atoms with Gasteiger partial charge in [-0.15, -0.1) is 0 Å². The molecule has 0 aliphatic heterocycles. The number of hydrogen-bond acceptors (Lipinski definition) is 3. The lowest BCUT2D eigenvalue weighted by Crippen LogP contribution is -2.29. The smallest absolute Gasteiger partial charge is 0.251 e. The first-order valence-corrected chi connectivity index (χ1v) is 9.20. The second kappa shape index (κ2) is 8.16. The Balaban J connectivity index is 1.63. The lowest BCUT2D eigenvalue weighted by molar-refractivity contribution is -0.129. The highest BCUT2D eigenvalue weighted by Crippen LogP contribution is 2.19. The lowest BCUT2D eigenvalue weighted by atomic mass is 10.0. The van der Waals surface area contributed by atoms with Gasteiger partial charge in [0.2, 0.25) is 5.91 Å². The summed E-state index contributed by atoms with van der Waals surface area (Å²) >= 11 is 0. The molecule has 3 aromatic rings. The molecule has 1 amide bonds. The van der Waals surface area contributed by atoms with Gasteiger partial charge in [0.15, 0.2) is 0 Å². The molecule has 0 spiro atoms. The Labute approximate surface area is 159 Å². The molecule has 1 aromatic carbocycles. The Bertz CT molecular complexity index is 1010. The normalized spacial score (nSPS) is 10.9. The number of fused-ring (bicyclic) bond motifs is 1. The zero-order valence-corrected chi connectivity index (χ0v) is 16.1. The van der Waals surface area contributed by atoms with Crippen molar-refractivity contribution >= 4 is 16.8 Å². The van der Waals surface area contributed by atoms with Crippen LogP contribution in [0.4, 0.5) is 0 Å². The number of carbonyl (C=O) groups excluding carboxylic acids is 1. The van der Waals surface area contributed by atoms with E-state index in [0.29, 0.717) is 24.9 Å². The quantitative estimate of drug-likeness (QED) is 0.731. The van der Waals surface area contributed by atoms with Crippen molar-refractivity contribution in [3.05, 3.63) is 75.3 Å². The Hall–Kier alpha value is -2.95. The molecule has 27 heavy (non-hydrogen) atoms. The molecule has 0 aliphatic rings. The number of H-pyrrole nitrogens is 1. The third-order valence-electron chi connectivity index (χ3n) is 5.15. The number of nitrogens with zero attached hydrogens (tertiary/aromatic N) is 2. The summed E-state index contributed by atoms with van der Waals surface area (Å²) in [7, 11) is 1.81. The van der Waals surface area contributed by atoms with E-state index in [1.54, 1.807) is 24.3 Å². The van der Waals surface area contributed by atoms with Crippen molar-refractivity contribution in [3.63, 3.8) is 0 Å². The average molecular weight is 363 g/mol. The molecule has 0 atom stereocenters. The number of nitrogens with one attached hydrogen (secondary N) is 1. The van der Waals surface area contributed by atoms with Crippen molar-refractivity contribution in [1.29, 1.82) is 0 Å². The summed E-state index contributed by atoms with van der Waals surface area (Å²) in [5, 5.41) is 1.01. The van der Waals surface area contributed by atoms with Crippen LogP contribution in [0.2, 0.25) is 0 Å². The van der Waals surface area contributed by atoms with Crippen LogP contribution in [-0.2, 0) is 17.6 Å². The van der Waals surface area contributed by atoms with Crippen molar-refractivity contribution in [1.82, 2.24) is 14.9 Å². The van der Waals surface area contributed by atoms with Gasteiger partial charge in [-0.1, -0.05) is 12.1 Å². The summed E-state index contributed by atoms with van der Waals surface area (Å²) in [4.78, 5) is 33.5. The van der Waals surface area contributed by atoms with Gasteiger partial charge in [0.05, 0.1) is 5.52 Å². The Morgan fingerprint density at radius 2 is 1.85 bits per heavy atom. The lowest BCUT2D eigenvalue weighted by Gasteiger charge is -2.17. The van der Waals surface area contributed by atoms with Crippen molar-refractivity contribution in [3.8, 4) is 0 Å². The standard InChI is InChI=1S/C22H25N3O2/c1-15-4-5-18-14-19(22(27)24-21(18)16(15)2)6-7-20(26)25(3)13-10-17-8-11-23-12-9-17/h4-5,8-9,11-12,14H,6-7,10,13H2,1-3H3,(H,24,27). The molecule has 1 N–H and O–H groups in total. The van der Waals surface area contributed by atoms with Gasteiger partial charge in [0.25, 0.3) is 5.56 Å². The Kier molecular flexibility index (Phi) is 5.69. The molecule has 5 heteroatoms. The van der Waals surface area contributed by atoms with Crippen LogP contribution in [0.15, 0.2) is 47.5 Å². The van der Waals surface area contributed by atoms with E-state index in [9.17, 15) is 9.59 Å². The predicted octanol–water partition coefficient (Wildman–Crippen LogP) is 3.17. The first kappa shape index (κ1) is 18.8. The Morgan fingerprint density at radius 1 is 1.11 bits per heavy atom. The van der Waals surface area contributed by atoms with Gasteiger partial charge >= 0.3 is 0 Å². The van der Waals surface area contributed by atoms with Gasteiger partial charge in [-0.3, -0.25) is 14.6 Å². The maximum absolute atomic E-state index is 12.4. The number of pyridine rings is 2. The fourth-order valence-electron chi connectivity index (χ4n) is 3.16. The maximum atomic E-state index is 12.4. The third-order valence-corrected chi connectivity index (χ3v) is 5.15. The SMILES string of the molecule is Cc1ccc2cc(CCC(=O)N(C)CCc3ccncc3)c(=O)[nH]c2c1C. The third kappa shape index (κ3) is 4.42. The van der Waals surface area contributed by atoms with Crippen molar-refractivity contribution in [2.75, 3.05) is 13.6 Å². The van der Waals surface area contributed by atoms with Crippen LogP contribution in [0.5, 0.6) is 0 Å². The fourth-order valence-corrected chi connectivity index (χ4v) is 3.16. The highest BCUT2D eigenvalue weighted by molar-refractivity contribution is 5.83. The predicted molar refractivity (Wildman–Crippen MR) is 108 cm³/mol. The molecule has 0 unspecified atom stereocenters. The number of aryl methyl sites for hydroxylation is 3. The summed E-state index contributed by atoms with van der Waals surface area (Å²) in [6.45, 7) is 4.69. The van der Waals surface area contributed by atoms with Crippen molar-refractivity contribution in [2.24, 2.45) is 0 Å². The monoisotopic (exact) mass is 363 g/mol. The van der Waals surface area contributed by atoms with E-state index in [-0.39, 0.29) is 11.5 Å². The summed E-state index contributed by atoms with van der Waals surface area (Å²) < 4.78 is 0. The molecule has 140 valence electrons. The van der Waals surface area contributed by atoms with Crippen LogP contribution < -0.4 is 5.56 Å². The molecule has 0 radical (unpaired) electrons. The van der Waals surface area contributed by atoms with Gasteiger partial charge in [-0.25, -0.2) is 0 Å². The molecule has 0 fully saturated rings. The molecule has 3 rings (SSSR count). The largest absolute Gasteiger partial charge is 0.345 e. The van der Waals surface area contributed by atoms with E-state index in [4.69, 9.17) is 0 Å². The minimum atomic E-state index is -0.108. The molecule has 5 nitrogen and oxygen atoms in total. The molecule has 0 saturated carbocycles. The second-order valence-corrected chi connectivity index (χ2v) is 7.02. The van der Waals surface area contributed by atoms with Gasteiger partial charge in [-0.2, -0.15) is 0 Å². The average Bonchev–Trinajstić information content (AvgIpc) is 2.68. The van der Waals surface area contributed by atoms with Crippen molar-refractivity contribution < 1.29 is 4.79 Å². The molecule has 0 bridgehead atoms. The van der Waals surface area contributed by atoms with Crippen LogP contribution in [0.25, 0.3) is 10.9 Å². The topological polar surface area (TPSA) is 66.1 Å². The zero-order chi connectivity index (χ0) is 19.4. The summed E-state index contributed by atoms with van der Waals surface area (Å²) in [5.41, 5.74) is 4.82. The molecule has 0 saturated heterocycles. The fraction of sp³-hybridized carbons (Fsp3) is 0.318. The van der Waals surface area contributed by atoms with E-state index >= 15 is 0 Å². The van der Waals surface area contributed by atoms with Crippen molar-refractivity contribution in [2.45, 2.75) is 33.1 Å². The first-order valence-electron chi connectivity index (χ1n) is 9.20. The minimum Gasteiger partial charge on any atom is -0.345 e. The number of benzene rings is 1. The van der Waals surface area contributed by atoms with E-state index < -0.39 is 0 Å². The Morgan fingerprint density at radius 3 is 2.59 bits per heavy atom. The number of hydrogen-bond donors (Lipinski definition) is 1. The van der Waals surface area contributed by atoms with Gasteiger partial charge in [0, 0.05) is 38.0 Å². The van der Waals surface area contributed by atoms with E-state index in [0.717, 1.165) is 34.0 Å². The molecule has 0 aliphatic carbocycles. The maximum Gasteiger partial charge on any atom is 0.251 e. The highest BCUT2D eigenvalue weighted by Gasteiger charge is 2.12. The van der Waals surface area contributed by atoms with E-state index in [2.05, 4.69) is 16.0 Å². The van der Waals surface area contributed by atoms with Gasteiger partial charge in [-0.05, 0) is 67.0 Å². The van der Waals surface area contributed by atoms with E-state index in [1.807, 2.05) is 38.1 Å². The second-order valence-electron chi connectivity index (χ2n) is 7.02. The molecule has 2 heterocycles. The van der Waals surface area contributed by atoms with Gasteiger partial charge in [0.1, 0.15) is 0 Å². The summed E-state index contributed by atoms with van der Waals surface area (Å²) in [6.07, 6.45) is 5.07. The molecular formula is C22H25N3O2.